The Hall–Kier alpha value is -1.86. The zero-order valence-corrected chi connectivity index (χ0v) is 17.5. The maximum atomic E-state index is 8.89. The minimum atomic E-state index is -1.08. The molecule has 23 heavy (non-hydrogen) atoms. The number of rotatable bonds is 0. The molecule has 0 aliphatic rings. The predicted octanol–water partition coefficient (Wildman–Crippen LogP) is -5.61. The zero-order chi connectivity index (χ0) is 19.9. The van der Waals surface area contributed by atoms with Gasteiger partial charge in [-0.2, -0.15) is 0 Å². The normalized spacial score (nSPS) is 5.61. The van der Waals surface area contributed by atoms with Crippen LogP contribution in [0, 0.1) is 37.7 Å². The monoisotopic (exact) mass is 560 g/mol. The fourth-order valence-corrected chi connectivity index (χ4v) is 0. The molecule has 0 aromatic heterocycles. The molecule has 136 valence electrons. The molecule has 0 fully saturated rings. The van der Waals surface area contributed by atoms with Gasteiger partial charge in [-0.1, -0.05) is 0 Å². The molecule has 10 nitrogen and oxygen atoms in total. The number of carboxylic acid groups (broad SMARTS) is 5. The van der Waals surface area contributed by atoms with Gasteiger partial charge in [-0.25, -0.2) is 0 Å². The predicted molar refractivity (Wildman–Crippen MR) is 63.3 cm³/mol. The van der Waals surface area contributed by atoms with Crippen molar-refractivity contribution in [2.45, 2.75) is 34.6 Å². The number of carboxylic acids is 5. The molecule has 0 saturated heterocycles. The van der Waals surface area contributed by atoms with Crippen molar-refractivity contribution in [1.82, 2.24) is 0 Å². The van der Waals surface area contributed by atoms with Gasteiger partial charge in [0.15, 0.2) is 0 Å². The van der Waals surface area contributed by atoms with Gasteiger partial charge >= 0.3 is 0 Å². The van der Waals surface area contributed by atoms with Crippen LogP contribution in [0.5, 0.6) is 0 Å². The van der Waals surface area contributed by atoms with E-state index in [0.717, 1.165) is 34.6 Å². The van der Waals surface area contributed by atoms with E-state index in [2.05, 4.69) is 13.2 Å². The van der Waals surface area contributed by atoms with E-state index in [4.69, 9.17) is 49.5 Å². The second-order valence-electron chi connectivity index (χ2n) is 2.46. The summed E-state index contributed by atoms with van der Waals surface area (Å²) < 4.78 is 0. The Morgan fingerprint density at radius 2 is 0.522 bits per heavy atom. The Kier molecular flexibility index (Phi) is 79.7. The van der Waals surface area contributed by atoms with Crippen LogP contribution in [-0.4, -0.2) is 29.8 Å². The first kappa shape index (κ1) is 42.9. The topological polar surface area (TPSA) is 201 Å². The smallest absolute Gasteiger partial charge is 0.0383 e. The van der Waals surface area contributed by atoms with Crippen LogP contribution in [0.2, 0.25) is 0 Å². The van der Waals surface area contributed by atoms with E-state index in [1.54, 1.807) is 0 Å². The van der Waals surface area contributed by atoms with E-state index in [1.807, 2.05) is 0 Å². The van der Waals surface area contributed by atoms with Crippen molar-refractivity contribution in [2.75, 3.05) is 0 Å². The van der Waals surface area contributed by atoms with Gasteiger partial charge in [-0.15, -0.1) is 0 Å². The van der Waals surface area contributed by atoms with Crippen LogP contribution in [0.15, 0.2) is 6.58 Å². The van der Waals surface area contributed by atoms with Gasteiger partial charge in [0.05, 0.1) is 0 Å². The standard InChI is InChI=1S/5C2H4O2.C2H3.U/c5*1-2(3)4;1-2;/h5*1H3,(H,3,4);1H,2H2;/q;;;;;-1;/p-5. The second-order valence-corrected chi connectivity index (χ2v) is 2.46. The largest absolute Gasteiger partial charge is 0.550 e. The van der Waals surface area contributed by atoms with Crippen LogP contribution in [0.1, 0.15) is 34.6 Å². The molecule has 0 aromatic rings. The summed E-state index contributed by atoms with van der Waals surface area (Å²) in [7, 11) is 0. The molecular formula is C12H18O10U-6. The third-order valence-corrected chi connectivity index (χ3v) is 0. The van der Waals surface area contributed by atoms with Gasteiger partial charge in [0.2, 0.25) is 0 Å². The molecule has 0 N–H and O–H groups in total. The number of carbonyl (C=O) groups excluding carboxylic acids is 5. The summed E-state index contributed by atoms with van der Waals surface area (Å²) in [6.45, 7) is 11.9. The summed E-state index contributed by atoms with van der Waals surface area (Å²) in [5.41, 5.74) is 0. The first-order chi connectivity index (χ1) is 9.66. The zero-order valence-electron chi connectivity index (χ0n) is 13.4. The maximum absolute atomic E-state index is 8.89. The van der Waals surface area contributed by atoms with E-state index in [-0.39, 0.29) is 31.1 Å². The van der Waals surface area contributed by atoms with Crippen molar-refractivity contribution >= 4 is 29.8 Å². The number of carbonyl (C=O) groups is 5. The molecule has 0 atom stereocenters. The van der Waals surface area contributed by atoms with Crippen LogP contribution in [0.25, 0.3) is 0 Å². The maximum Gasteiger partial charge on any atom is 0.0383 e. The molecule has 0 aliphatic carbocycles. The average Bonchev–Trinajstić information content (AvgIpc) is 2.14. The summed E-state index contributed by atoms with van der Waals surface area (Å²) in [5, 5.41) is 44.4. The molecule has 0 bridgehead atoms. The van der Waals surface area contributed by atoms with Gasteiger partial charge in [0.25, 0.3) is 0 Å². The van der Waals surface area contributed by atoms with E-state index >= 15 is 0 Å². The molecule has 0 aliphatic heterocycles. The minimum absolute atomic E-state index is 0. The van der Waals surface area contributed by atoms with Crippen molar-refractivity contribution in [2.24, 2.45) is 0 Å². The molecular weight excluding hydrogens is 542 g/mol. The van der Waals surface area contributed by atoms with Crippen molar-refractivity contribution in [1.29, 1.82) is 0 Å². The van der Waals surface area contributed by atoms with E-state index in [0.29, 0.717) is 0 Å². The van der Waals surface area contributed by atoms with Crippen molar-refractivity contribution in [3.63, 3.8) is 0 Å². The Balaban J connectivity index is -0.0000000268. The van der Waals surface area contributed by atoms with E-state index < -0.39 is 29.8 Å². The Labute approximate surface area is 158 Å². The number of aliphatic carboxylic acids is 5. The molecule has 0 heterocycles. The number of hydrogen-bond acceptors (Lipinski definition) is 10. The quantitative estimate of drug-likeness (QED) is 0.257. The van der Waals surface area contributed by atoms with Crippen LogP contribution in [-0.2, 0) is 24.0 Å². The molecule has 0 rings (SSSR count). The molecule has 0 radical (unpaired) electrons. The Bertz CT molecular complexity index is 225. The number of hydrogen-bond donors (Lipinski definition) is 0. The Morgan fingerprint density at radius 1 is 0.522 bits per heavy atom. The van der Waals surface area contributed by atoms with Crippen molar-refractivity contribution < 1.29 is 80.6 Å². The molecule has 0 unspecified atom stereocenters. The summed E-state index contributed by atoms with van der Waals surface area (Å²) in [6, 6.07) is 0. The third-order valence-electron chi connectivity index (χ3n) is 0. The SMILES string of the molecule is CC(=O)[O-].CC(=O)[O-].CC(=O)[O-].CC(=O)[O-].CC(=O)[O-].[CH-]=C.[U]. The molecule has 0 spiro atoms. The first-order valence-electron chi connectivity index (χ1n) is 4.95. The first-order valence-corrected chi connectivity index (χ1v) is 4.95. The Morgan fingerprint density at radius 3 is 0.522 bits per heavy atom. The second kappa shape index (κ2) is 42.7. The summed E-state index contributed by atoms with van der Waals surface area (Å²) in [6.07, 6.45) is 0. The van der Waals surface area contributed by atoms with E-state index in [1.165, 1.54) is 0 Å². The van der Waals surface area contributed by atoms with Gasteiger partial charge in [0.1, 0.15) is 0 Å². The molecule has 11 heteroatoms. The average molecular weight is 560 g/mol. The van der Waals surface area contributed by atoms with Gasteiger partial charge in [-0.3, -0.25) is 6.58 Å². The van der Waals surface area contributed by atoms with Crippen LogP contribution in [0.3, 0.4) is 0 Å². The van der Waals surface area contributed by atoms with Gasteiger partial charge < -0.3 is 56.1 Å². The summed E-state index contributed by atoms with van der Waals surface area (Å²) in [4.78, 5) is 44.4. The minimum Gasteiger partial charge on any atom is -0.550 e. The molecule has 0 amide bonds. The van der Waals surface area contributed by atoms with E-state index in [9.17, 15) is 0 Å². The fourth-order valence-electron chi connectivity index (χ4n) is 0. The molecule has 0 saturated carbocycles. The van der Waals surface area contributed by atoms with Gasteiger partial charge in [-0.05, 0) is 34.6 Å². The molecule has 0 aromatic carbocycles. The van der Waals surface area contributed by atoms with Crippen LogP contribution in [0.4, 0.5) is 0 Å². The van der Waals surface area contributed by atoms with Crippen molar-refractivity contribution in [3.8, 4) is 0 Å². The summed E-state index contributed by atoms with van der Waals surface area (Å²) >= 11 is 0. The van der Waals surface area contributed by atoms with Crippen molar-refractivity contribution in [3.05, 3.63) is 13.2 Å². The van der Waals surface area contributed by atoms with Crippen LogP contribution < -0.4 is 25.5 Å². The summed E-state index contributed by atoms with van der Waals surface area (Å²) in [5.74, 6) is -5.42. The van der Waals surface area contributed by atoms with Crippen LogP contribution >= 0.6 is 0 Å². The van der Waals surface area contributed by atoms with Gasteiger partial charge in [0, 0.05) is 61.0 Å². The third kappa shape index (κ3) is 1920. The fraction of sp³-hybridized carbons (Fsp3) is 0.417.